The van der Waals surface area contributed by atoms with Crippen molar-refractivity contribution in [3.63, 3.8) is 0 Å². The van der Waals surface area contributed by atoms with Gasteiger partial charge < -0.3 is 35.8 Å². The minimum absolute atomic E-state index is 0.0592. The summed E-state index contributed by atoms with van der Waals surface area (Å²) in [5.41, 5.74) is 0.228. The smallest absolute Gasteiger partial charge is 0.410 e. The van der Waals surface area contributed by atoms with E-state index in [0.717, 1.165) is 43.2 Å². The van der Waals surface area contributed by atoms with Crippen LogP contribution in [-0.2, 0) is 46.7 Å². The number of rotatable bonds is 13. The van der Waals surface area contributed by atoms with E-state index in [9.17, 15) is 37.2 Å². The number of sulfone groups is 1. The molecule has 4 N–H and O–H groups in total. The Bertz CT molecular complexity index is 1830. The molecule has 0 aromatic heterocycles. The van der Waals surface area contributed by atoms with E-state index in [1.54, 1.807) is 46.4 Å². The highest BCUT2D eigenvalue weighted by Crippen LogP contribution is 2.33. The molecule has 1 aromatic carbocycles. The Morgan fingerprint density at radius 1 is 0.931 bits per heavy atom. The SMILES string of the molecule is CCCC(NC(=O)[C@@H]1C[C@@H](OC(=O)N2CCc3ccccc3C2)CN1C(=O)C(NC(=O)NC1(CS(=O)(=O)C(C)(C)C)CCCCC1)C(C)(C)C)C(=O)C(=O)NC1CC1. The first-order valence-corrected chi connectivity index (χ1v) is 22.6. The van der Waals surface area contributed by atoms with E-state index in [4.69, 9.17) is 4.74 Å². The maximum Gasteiger partial charge on any atom is 0.410 e. The van der Waals surface area contributed by atoms with E-state index in [1.165, 1.54) is 4.90 Å². The summed E-state index contributed by atoms with van der Waals surface area (Å²) in [6.07, 6.45) is 4.64. The average Bonchev–Trinajstić information content (AvgIpc) is 3.87. The van der Waals surface area contributed by atoms with Gasteiger partial charge in [-0.05, 0) is 75.8 Å². The lowest BCUT2D eigenvalue weighted by Gasteiger charge is -2.41. The summed E-state index contributed by atoms with van der Waals surface area (Å²) >= 11 is 0. The molecule has 3 fully saturated rings. The van der Waals surface area contributed by atoms with Gasteiger partial charge in [0.25, 0.3) is 5.91 Å². The van der Waals surface area contributed by atoms with Crippen molar-refractivity contribution < 1.29 is 41.9 Å². The Hall–Kier alpha value is -4.21. The average molecular weight is 829 g/mol. The number of carbonyl (C=O) groups is 6. The van der Waals surface area contributed by atoms with E-state index in [0.29, 0.717) is 38.8 Å². The first kappa shape index (κ1) is 44.9. The Morgan fingerprint density at radius 2 is 1.59 bits per heavy atom. The standard InChI is InChI=1S/C42H64N6O9S/c1-8-14-31(33(49)36(51)43-29-17-18-29)44-35(50)32-23-30(57-39(54)47-22-19-27-15-10-11-16-28(27)24-47)25-48(32)37(52)34(40(2,3)4)45-38(53)46-42(20-12-9-13-21-42)26-58(55,56)41(5,6)7/h10-11,15-16,29-32,34H,8-9,12-14,17-26H2,1-7H3,(H,43,51)(H,44,50)(H2,45,46,53)/t30-,31?,32+,34?/m1/s1. The van der Waals surface area contributed by atoms with E-state index in [1.807, 2.05) is 31.2 Å². The van der Waals surface area contributed by atoms with Crippen LogP contribution in [0.2, 0.25) is 0 Å². The van der Waals surface area contributed by atoms with Crippen LogP contribution in [0, 0.1) is 5.41 Å². The number of hydrogen-bond donors (Lipinski definition) is 4. The van der Waals surface area contributed by atoms with Crippen molar-refractivity contribution in [1.29, 1.82) is 0 Å². The van der Waals surface area contributed by atoms with Crippen molar-refractivity contribution in [2.45, 2.75) is 166 Å². The molecule has 58 heavy (non-hydrogen) atoms. The van der Waals surface area contributed by atoms with Crippen molar-refractivity contribution in [2.24, 2.45) is 5.41 Å². The summed E-state index contributed by atoms with van der Waals surface area (Å²) in [6, 6.07) is 3.54. The highest BCUT2D eigenvalue weighted by atomic mass is 32.2. The molecule has 5 rings (SSSR count). The summed E-state index contributed by atoms with van der Waals surface area (Å²) in [5, 5.41) is 11.2. The monoisotopic (exact) mass is 828 g/mol. The zero-order valence-corrected chi connectivity index (χ0v) is 36.1. The van der Waals surface area contributed by atoms with Crippen LogP contribution in [0.4, 0.5) is 9.59 Å². The number of carbonyl (C=O) groups excluding carboxylic acids is 6. The van der Waals surface area contributed by atoms with E-state index in [2.05, 4.69) is 21.3 Å². The van der Waals surface area contributed by atoms with Crippen LogP contribution in [0.3, 0.4) is 0 Å². The van der Waals surface area contributed by atoms with Gasteiger partial charge >= 0.3 is 12.1 Å². The molecular formula is C42H64N6O9S. The van der Waals surface area contributed by atoms with Gasteiger partial charge in [0.05, 0.1) is 28.6 Å². The Balaban J connectivity index is 1.37. The molecule has 1 saturated heterocycles. The number of nitrogens with zero attached hydrogens (tertiary/aromatic N) is 2. The summed E-state index contributed by atoms with van der Waals surface area (Å²) in [6.45, 7) is 12.6. The largest absolute Gasteiger partial charge is 0.444 e. The molecule has 0 bridgehead atoms. The molecule has 2 saturated carbocycles. The number of nitrogens with one attached hydrogen (secondary N) is 4. The van der Waals surface area contributed by atoms with Gasteiger partial charge in [-0.1, -0.05) is 77.6 Å². The highest BCUT2D eigenvalue weighted by Gasteiger charge is 2.48. The molecule has 322 valence electrons. The number of ether oxygens (including phenoxy) is 1. The summed E-state index contributed by atoms with van der Waals surface area (Å²) in [5.74, 6) is -3.09. The van der Waals surface area contributed by atoms with Crippen molar-refractivity contribution in [1.82, 2.24) is 31.1 Å². The van der Waals surface area contributed by atoms with Gasteiger partial charge in [-0.3, -0.25) is 19.2 Å². The van der Waals surface area contributed by atoms with Gasteiger partial charge in [0, 0.05) is 25.6 Å². The van der Waals surface area contributed by atoms with Gasteiger partial charge in [-0.15, -0.1) is 0 Å². The second-order valence-corrected chi connectivity index (χ2v) is 21.5. The fraction of sp³-hybridized carbons (Fsp3) is 0.714. The number of urea groups is 1. The predicted octanol–water partition coefficient (Wildman–Crippen LogP) is 3.91. The maximum atomic E-state index is 14.8. The first-order chi connectivity index (χ1) is 27.1. The molecule has 2 aliphatic heterocycles. The lowest BCUT2D eigenvalue weighted by molar-refractivity contribution is -0.144. The van der Waals surface area contributed by atoms with Gasteiger partial charge in [0.15, 0.2) is 9.84 Å². The van der Waals surface area contributed by atoms with Crippen LogP contribution in [0.15, 0.2) is 24.3 Å². The van der Waals surface area contributed by atoms with Crippen LogP contribution in [0.5, 0.6) is 0 Å². The van der Waals surface area contributed by atoms with Gasteiger partial charge in [0.2, 0.25) is 17.6 Å². The minimum Gasteiger partial charge on any atom is -0.444 e. The van der Waals surface area contributed by atoms with Crippen molar-refractivity contribution >= 4 is 45.5 Å². The van der Waals surface area contributed by atoms with Crippen LogP contribution in [0.25, 0.3) is 0 Å². The number of amides is 6. The zero-order valence-electron chi connectivity index (χ0n) is 35.3. The Kier molecular flexibility index (Phi) is 13.9. The van der Waals surface area contributed by atoms with Gasteiger partial charge in [-0.25, -0.2) is 18.0 Å². The summed E-state index contributed by atoms with van der Waals surface area (Å²) in [7, 11) is -3.63. The van der Waals surface area contributed by atoms with Gasteiger partial charge in [-0.2, -0.15) is 0 Å². The Labute approximate surface area is 343 Å². The third-order valence-corrected chi connectivity index (χ3v) is 14.6. The molecule has 6 amide bonds. The lowest BCUT2D eigenvalue weighted by Crippen LogP contribution is -2.63. The molecule has 0 spiro atoms. The first-order valence-electron chi connectivity index (χ1n) is 20.9. The van der Waals surface area contributed by atoms with E-state index >= 15 is 0 Å². The quantitative estimate of drug-likeness (QED) is 0.213. The molecule has 16 heteroatoms. The third-order valence-electron chi connectivity index (χ3n) is 11.8. The van der Waals surface area contributed by atoms with Crippen LogP contribution < -0.4 is 21.3 Å². The molecule has 1 aromatic rings. The number of likely N-dealkylation sites (tertiary alicyclic amines) is 1. The van der Waals surface area contributed by atoms with Crippen LogP contribution in [0.1, 0.15) is 124 Å². The number of ketones is 1. The normalized spacial score (nSPS) is 21.8. The van der Waals surface area contributed by atoms with Gasteiger partial charge in [0.1, 0.15) is 18.2 Å². The fourth-order valence-corrected chi connectivity index (χ4v) is 9.57. The fourth-order valence-electron chi connectivity index (χ4n) is 8.05. The third kappa shape index (κ3) is 11.1. The van der Waals surface area contributed by atoms with Crippen molar-refractivity contribution in [3.8, 4) is 0 Å². The molecular weight excluding hydrogens is 765 g/mol. The summed E-state index contributed by atoms with van der Waals surface area (Å²) < 4.78 is 31.8. The van der Waals surface area contributed by atoms with Crippen LogP contribution >= 0.6 is 0 Å². The summed E-state index contributed by atoms with van der Waals surface area (Å²) in [4.78, 5) is 85.3. The predicted molar refractivity (Wildman–Crippen MR) is 218 cm³/mol. The molecule has 2 aliphatic carbocycles. The highest BCUT2D eigenvalue weighted by molar-refractivity contribution is 7.92. The minimum atomic E-state index is -3.63. The van der Waals surface area contributed by atoms with E-state index in [-0.39, 0.29) is 31.2 Å². The second-order valence-electron chi connectivity index (χ2n) is 18.8. The maximum absolute atomic E-state index is 14.8. The van der Waals surface area contributed by atoms with Crippen molar-refractivity contribution in [2.75, 3.05) is 18.8 Å². The van der Waals surface area contributed by atoms with E-state index < -0.39 is 85.4 Å². The molecule has 2 heterocycles. The Morgan fingerprint density at radius 3 is 2.19 bits per heavy atom. The second kappa shape index (κ2) is 18.0. The van der Waals surface area contributed by atoms with Crippen LogP contribution in [-0.4, -0.2) is 113 Å². The molecule has 4 atom stereocenters. The number of fused-ring (bicyclic) bond motifs is 1. The molecule has 0 radical (unpaired) electrons. The molecule has 15 nitrogen and oxygen atoms in total. The number of hydrogen-bond acceptors (Lipinski definition) is 9. The van der Waals surface area contributed by atoms with Crippen molar-refractivity contribution in [3.05, 3.63) is 35.4 Å². The molecule has 4 aliphatic rings. The number of benzene rings is 1. The lowest BCUT2D eigenvalue weighted by atomic mass is 9.83. The molecule has 2 unspecified atom stereocenters. The topological polar surface area (TPSA) is 200 Å². The zero-order chi connectivity index (χ0) is 42.6. The number of Topliss-reactive ketones (excluding diaryl/α,β-unsaturated/α-hetero) is 1.